The highest BCUT2D eigenvalue weighted by Gasteiger charge is 2.35. The van der Waals surface area contributed by atoms with Crippen LogP contribution in [0.1, 0.15) is 13.3 Å². The first-order valence-corrected chi connectivity index (χ1v) is 8.85. The zero-order valence-electron chi connectivity index (χ0n) is 12.0. The van der Waals surface area contributed by atoms with Gasteiger partial charge in [-0.15, -0.1) is 0 Å². The van der Waals surface area contributed by atoms with Crippen molar-refractivity contribution >= 4 is 37.7 Å². The van der Waals surface area contributed by atoms with Crippen molar-refractivity contribution in [2.24, 2.45) is 0 Å². The van der Waals surface area contributed by atoms with Gasteiger partial charge in [-0.2, -0.15) is 0 Å². The third-order valence-corrected chi connectivity index (χ3v) is 6.07. The third kappa shape index (κ3) is 3.79. The van der Waals surface area contributed by atoms with Gasteiger partial charge in [0, 0.05) is 35.2 Å². The molecule has 0 radical (unpaired) electrons. The largest absolute Gasteiger partial charge is 0.465 e. The quantitative estimate of drug-likeness (QED) is 0.577. The second kappa shape index (κ2) is 6.42. The van der Waals surface area contributed by atoms with Gasteiger partial charge in [0.15, 0.2) is 0 Å². The number of nitrogens with one attached hydrogen (secondary N) is 1. The van der Waals surface area contributed by atoms with Crippen LogP contribution < -0.4 is 4.72 Å². The van der Waals surface area contributed by atoms with E-state index in [1.165, 1.54) is 12.1 Å². The van der Waals surface area contributed by atoms with Crippen molar-refractivity contribution in [3.05, 3.63) is 32.8 Å². The number of likely N-dealkylation sites (tertiary alicyclic amines) is 1. The van der Waals surface area contributed by atoms with E-state index in [0.29, 0.717) is 6.42 Å². The lowest BCUT2D eigenvalue weighted by atomic mass is 10.2. The summed E-state index contributed by atoms with van der Waals surface area (Å²) in [4.78, 5) is 22.0. The average molecular weight is 408 g/mol. The summed E-state index contributed by atoms with van der Waals surface area (Å²) in [7, 11) is -4.02. The number of benzene rings is 1. The Labute approximate surface area is 140 Å². The number of nitrogens with zero attached hydrogens (tertiary/aromatic N) is 2. The fraction of sp³-hybridized carbons (Fsp3) is 0.417. The minimum atomic E-state index is -4.02. The second-order valence-corrected chi connectivity index (χ2v) is 7.75. The number of halogens is 1. The van der Waals surface area contributed by atoms with Crippen molar-refractivity contribution in [3.63, 3.8) is 0 Å². The minimum absolute atomic E-state index is 0.0300. The fourth-order valence-corrected chi connectivity index (χ4v) is 4.70. The molecule has 2 rings (SSSR count). The minimum Gasteiger partial charge on any atom is -0.465 e. The van der Waals surface area contributed by atoms with E-state index in [4.69, 9.17) is 5.11 Å². The molecule has 1 fully saturated rings. The number of nitro benzene ring substituents is 1. The molecule has 2 N–H and O–H groups in total. The number of carboxylic acid groups (broad SMARTS) is 1. The first-order valence-electron chi connectivity index (χ1n) is 6.57. The van der Waals surface area contributed by atoms with Gasteiger partial charge in [-0.05, 0) is 35.3 Å². The van der Waals surface area contributed by atoms with E-state index >= 15 is 0 Å². The molecule has 1 aromatic rings. The predicted molar refractivity (Wildman–Crippen MR) is 83.7 cm³/mol. The molecule has 0 aromatic heterocycles. The molecule has 2 atom stereocenters. The number of rotatable bonds is 4. The Morgan fingerprint density at radius 2 is 2.17 bits per heavy atom. The topological polar surface area (TPSA) is 130 Å². The summed E-state index contributed by atoms with van der Waals surface area (Å²) in [5, 5.41) is 19.8. The summed E-state index contributed by atoms with van der Waals surface area (Å²) in [6.45, 7) is 1.72. The maximum atomic E-state index is 12.4. The third-order valence-electron chi connectivity index (χ3n) is 3.56. The Morgan fingerprint density at radius 3 is 2.70 bits per heavy atom. The number of hydrogen-bond donors (Lipinski definition) is 2. The van der Waals surface area contributed by atoms with E-state index in [1.54, 1.807) is 6.92 Å². The summed E-state index contributed by atoms with van der Waals surface area (Å²) in [5.74, 6) is 0. The molecule has 0 spiro atoms. The molecule has 0 saturated carbocycles. The molecule has 0 bridgehead atoms. The van der Waals surface area contributed by atoms with Crippen LogP contribution in [-0.4, -0.2) is 48.1 Å². The van der Waals surface area contributed by atoms with Crippen molar-refractivity contribution in [1.82, 2.24) is 9.62 Å². The summed E-state index contributed by atoms with van der Waals surface area (Å²) < 4.78 is 27.5. The van der Waals surface area contributed by atoms with Gasteiger partial charge in [0.05, 0.1) is 4.92 Å². The smallest absolute Gasteiger partial charge is 0.407 e. The lowest BCUT2D eigenvalue weighted by molar-refractivity contribution is -0.385. The summed E-state index contributed by atoms with van der Waals surface area (Å²) in [6, 6.07) is 2.53. The Morgan fingerprint density at radius 1 is 1.52 bits per heavy atom. The van der Waals surface area contributed by atoms with E-state index in [1.807, 2.05) is 0 Å². The number of nitro groups is 1. The lowest BCUT2D eigenvalue weighted by Gasteiger charge is -2.16. The normalized spacial score (nSPS) is 21.4. The van der Waals surface area contributed by atoms with Crippen LogP contribution in [0.4, 0.5) is 10.5 Å². The van der Waals surface area contributed by atoms with E-state index in [9.17, 15) is 23.3 Å². The molecular weight excluding hydrogens is 394 g/mol. The van der Waals surface area contributed by atoms with Gasteiger partial charge >= 0.3 is 6.09 Å². The number of sulfonamides is 1. The van der Waals surface area contributed by atoms with E-state index in [-0.39, 0.29) is 27.6 Å². The molecule has 1 amide bonds. The molecule has 11 heteroatoms. The van der Waals surface area contributed by atoms with E-state index in [2.05, 4.69) is 20.7 Å². The molecule has 0 unspecified atom stereocenters. The molecule has 9 nitrogen and oxygen atoms in total. The highest BCUT2D eigenvalue weighted by atomic mass is 79.9. The van der Waals surface area contributed by atoms with Crippen LogP contribution in [0.2, 0.25) is 0 Å². The summed E-state index contributed by atoms with van der Waals surface area (Å²) >= 11 is 3.07. The Balaban J connectivity index is 2.25. The maximum Gasteiger partial charge on any atom is 0.407 e. The molecule has 23 heavy (non-hydrogen) atoms. The zero-order valence-corrected chi connectivity index (χ0v) is 14.4. The number of amides is 1. The van der Waals surface area contributed by atoms with Gasteiger partial charge in [0.1, 0.15) is 4.90 Å². The van der Waals surface area contributed by atoms with Crippen LogP contribution in [-0.2, 0) is 10.0 Å². The van der Waals surface area contributed by atoms with Crippen LogP contribution >= 0.6 is 15.9 Å². The van der Waals surface area contributed by atoms with E-state index in [0.717, 1.165) is 11.0 Å². The molecule has 0 aliphatic carbocycles. The van der Waals surface area contributed by atoms with Crippen LogP contribution in [0, 0.1) is 10.1 Å². The van der Waals surface area contributed by atoms with Crippen LogP contribution in [0.15, 0.2) is 27.6 Å². The zero-order chi connectivity index (χ0) is 17.4. The number of non-ortho nitro benzene ring substituents is 1. The molecular formula is C12H14BrN3O6S. The van der Waals surface area contributed by atoms with Gasteiger partial charge in [-0.1, -0.05) is 0 Å². The Bertz CT molecular complexity index is 753. The van der Waals surface area contributed by atoms with Crippen molar-refractivity contribution < 1.29 is 23.2 Å². The summed E-state index contributed by atoms with van der Waals surface area (Å²) in [5.41, 5.74) is -0.347. The van der Waals surface area contributed by atoms with Crippen LogP contribution in [0.5, 0.6) is 0 Å². The molecule has 1 saturated heterocycles. The fourth-order valence-electron chi connectivity index (χ4n) is 2.48. The van der Waals surface area contributed by atoms with Crippen LogP contribution in [0.3, 0.4) is 0 Å². The monoisotopic (exact) mass is 407 g/mol. The molecule has 1 heterocycles. The highest BCUT2D eigenvalue weighted by molar-refractivity contribution is 9.10. The standard InChI is InChI=1S/C12H14BrN3O6S/c1-7-4-8(6-15(7)12(17)18)14-23(21,22)11-5-9(16(19)20)2-3-10(11)13/h2-3,5,7-8,14H,4,6H2,1H3,(H,17,18)/t7-,8+/m0/s1. The van der Waals surface area contributed by atoms with Gasteiger partial charge < -0.3 is 10.0 Å². The van der Waals surface area contributed by atoms with Gasteiger partial charge in [-0.3, -0.25) is 10.1 Å². The second-order valence-electron chi connectivity index (χ2n) is 5.21. The lowest BCUT2D eigenvalue weighted by Crippen LogP contribution is -2.38. The molecule has 1 aliphatic heterocycles. The van der Waals surface area contributed by atoms with Crippen molar-refractivity contribution in [2.45, 2.75) is 30.3 Å². The van der Waals surface area contributed by atoms with Crippen molar-refractivity contribution in [3.8, 4) is 0 Å². The predicted octanol–water partition coefficient (Wildman–Crippen LogP) is 1.78. The summed E-state index contributed by atoms with van der Waals surface area (Å²) in [6.07, 6.45) is -0.784. The average Bonchev–Trinajstić information content (AvgIpc) is 2.78. The van der Waals surface area contributed by atoms with Gasteiger partial charge in [0.25, 0.3) is 5.69 Å². The Hall–Kier alpha value is -1.72. The van der Waals surface area contributed by atoms with E-state index < -0.39 is 27.1 Å². The molecule has 126 valence electrons. The van der Waals surface area contributed by atoms with Gasteiger partial charge in [0.2, 0.25) is 10.0 Å². The van der Waals surface area contributed by atoms with Gasteiger partial charge in [-0.25, -0.2) is 17.9 Å². The highest BCUT2D eigenvalue weighted by Crippen LogP contribution is 2.27. The van der Waals surface area contributed by atoms with Crippen molar-refractivity contribution in [2.75, 3.05) is 6.54 Å². The SMILES string of the molecule is C[C@H]1C[C@@H](NS(=O)(=O)c2cc([N+](=O)[O-])ccc2Br)CN1C(=O)O. The van der Waals surface area contributed by atoms with Crippen LogP contribution in [0.25, 0.3) is 0 Å². The van der Waals surface area contributed by atoms with Crippen molar-refractivity contribution in [1.29, 1.82) is 0 Å². The molecule has 1 aromatic carbocycles. The number of hydrogen-bond acceptors (Lipinski definition) is 5. The number of carbonyl (C=O) groups is 1. The maximum absolute atomic E-state index is 12.4. The molecule has 1 aliphatic rings. The first kappa shape index (κ1) is 17.6. The first-order chi connectivity index (χ1) is 10.6. The Kier molecular flexibility index (Phi) is 4.92.